The van der Waals surface area contributed by atoms with Crippen LogP contribution in [-0.2, 0) is 14.3 Å². The first-order chi connectivity index (χ1) is 15.2. The number of rotatable bonds is 9. The lowest BCUT2D eigenvalue weighted by atomic mass is 9.99. The van der Waals surface area contributed by atoms with Gasteiger partial charge in [-0.3, -0.25) is 10.1 Å². The van der Waals surface area contributed by atoms with Gasteiger partial charge in [0.05, 0.1) is 19.2 Å². The second-order valence-corrected chi connectivity index (χ2v) is 6.89. The van der Waals surface area contributed by atoms with E-state index in [1.807, 2.05) is 72.8 Å². The van der Waals surface area contributed by atoms with E-state index in [9.17, 15) is 9.59 Å². The van der Waals surface area contributed by atoms with Crippen molar-refractivity contribution in [2.45, 2.75) is 13.0 Å². The molecule has 31 heavy (non-hydrogen) atoms. The Hall–Kier alpha value is -3.70. The van der Waals surface area contributed by atoms with Crippen LogP contribution in [0.1, 0.15) is 29.7 Å². The molecular formula is C26H26N2O3. The Balaban J connectivity index is 1.59. The highest BCUT2D eigenvalue weighted by Gasteiger charge is 2.14. The van der Waals surface area contributed by atoms with Crippen LogP contribution in [0, 0.1) is 0 Å². The van der Waals surface area contributed by atoms with Gasteiger partial charge >= 0.3 is 5.97 Å². The smallest absolute Gasteiger partial charge is 0.330 e. The molecule has 5 nitrogen and oxygen atoms in total. The van der Waals surface area contributed by atoms with Crippen LogP contribution in [0.2, 0.25) is 0 Å². The number of nitrogens with one attached hydrogen (secondary N) is 2. The van der Waals surface area contributed by atoms with E-state index in [1.165, 1.54) is 6.08 Å². The molecule has 0 unspecified atom stereocenters. The van der Waals surface area contributed by atoms with Gasteiger partial charge in [-0.05, 0) is 41.8 Å². The molecule has 3 rings (SSSR count). The van der Waals surface area contributed by atoms with Crippen LogP contribution in [-0.4, -0.2) is 25.0 Å². The molecule has 3 aromatic rings. The zero-order valence-electron chi connectivity index (χ0n) is 17.5. The molecule has 0 aromatic heterocycles. The van der Waals surface area contributed by atoms with Crippen LogP contribution in [0.3, 0.4) is 0 Å². The second-order valence-electron chi connectivity index (χ2n) is 6.89. The molecule has 0 heterocycles. The van der Waals surface area contributed by atoms with Gasteiger partial charge in [-0.1, -0.05) is 72.8 Å². The van der Waals surface area contributed by atoms with Gasteiger partial charge in [0.2, 0.25) is 5.91 Å². The summed E-state index contributed by atoms with van der Waals surface area (Å²) in [7, 11) is 0. The minimum absolute atomic E-state index is 0.0801. The fourth-order valence-corrected chi connectivity index (χ4v) is 3.15. The lowest BCUT2D eigenvalue weighted by molar-refractivity contribution is -0.137. The van der Waals surface area contributed by atoms with Crippen molar-refractivity contribution in [3.05, 3.63) is 108 Å². The predicted molar refractivity (Wildman–Crippen MR) is 123 cm³/mol. The molecule has 0 aliphatic carbocycles. The van der Waals surface area contributed by atoms with Gasteiger partial charge in [-0.15, -0.1) is 0 Å². The Labute approximate surface area is 182 Å². The van der Waals surface area contributed by atoms with Gasteiger partial charge in [0.25, 0.3) is 0 Å². The van der Waals surface area contributed by atoms with E-state index in [2.05, 4.69) is 10.6 Å². The minimum atomic E-state index is -0.377. The third-order valence-corrected chi connectivity index (χ3v) is 4.63. The molecule has 0 bridgehead atoms. The predicted octanol–water partition coefficient (Wildman–Crippen LogP) is 4.58. The number of hydrogen-bond acceptors (Lipinski definition) is 4. The molecule has 2 N–H and O–H groups in total. The zero-order valence-corrected chi connectivity index (χ0v) is 17.5. The summed E-state index contributed by atoms with van der Waals surface area (Å²) in [6.07, 6.45) is 3.06. The summed E-state index contributed by atoms with van der Waals surface area (Å²) in [5.74, 6) is -0.510. The fourth-order valence-electron chi connectivity index (χ4n) is 3.15. The van der Waals surface area contributed by atoms with Gasteiger partial charge in [0, 0.05) is 11.8 Å². The van der Waals surface area contributed by atoms with Crippen LogP contribution in [0.25, 0.3) is 6.08 Å². The SMILES string of the molecule is CCOC(=O)/C=C/c1ccc(NC(=O)CNC(c2ccccc2)c2ccccc2)cc1. The molecule has 0 spiro atoms. The van der Waals surface area contributed by atoms with Crippen LogP contribution in [0.4, 0.5) is 5.69 Å². The fraction of sp³-hybridized carbons (Fsp3) is 0.154. The lowest BCUT2D eigenvalue weighted by Gasteiger charge is -2.19. The maximum atomic E-state index is 12.5. The normalized spacial score (nSPS) is 10.9. The van der Waals surface area contributed by atoms with Crippen LogP contribution in [0.15, 0.2) is 91.0 Å². The average molecular weight is 415 g/mol. The van der Waals surface area contributed by atoms with Gasteiger partial charge in [0.15, 0.2) is 0 Å². The Morgan fingerprint density at radius 2 is 1.45 bits per heavy atom. The Morgan fingerprint density at radius 3 is 2.00 bits per heavy atom. The van der Waals surface area contributed by atoms with E-state index in [-0.39, 0.29) is 24.5 Å². The van der Waals surface area contributed by atoms with Crippen molar-refractivity contribution in [1.82, 2.24) is 5.32 Å². The van der Waals surface area contributed by atoms with Crippen molar-refractivity contribution >= 4 is 23.6 Å². The molecule has 0 atom stereocenters. The standard InChI is InChI=1S/C26H26N2O3/c1-2-31-25(30)18-15-20-13-16-23(17-14-20)28-24(29)19-27-26(21-9-5-3-6-10-21)22-11-7-4-8-12-22/h3-18,26-27H,2,19H2,1H3,(H,28,29)/b18-15+. The van der Waals surface area contributed by atoms with Crippen molar-refractivity contribution in [2.24, 2.45) is 0 Å². The number of hydrogen-bond donors (Lipinski definition) is 2. The van der Waals surface area contributed by atoms with Gasteiger partial charge < -0.3 is 10.1 Å². The number of esters is 1. The van der Waals surface area contributed by atoms with Crippen LogP contribution in [0.5, 0.6) is 0 Å². The number of carbonyl (C=O) groups is 2. The summed E-state index contributed by atoms with van der Waals surface area (Å²) in [6, 6.07) is 27.3. The third-order valence-electron chi connectivity index (χ3n) is 4.63. The summed E-state index contributed by atoms with van der Waals surface area (Å²) < 4.78 is 4.86. The van der Waals surface area contributed by atoms with E-state index in [4.69, 9.17) is 4.74 Å². The molecule has 0 fully saturated rings. The maximum absolute atomic E-state index is 12.5. The molecule has 5 heteroatoms. The molecule has 0 radical (unpaired) electrons. The molecule has 0 saturated heterocycles. The van der Waals surface area contributed by atoms with E-state index < -0.39 is 0 Å². The Morgan fingerprint density at radius 1 is 0.871 bits per heavy atom. The summed E-state index contributed by atoms with van der Waals surface area (Å²) in [5.41, 5.74) is 3.73. The van der Waals surface area contributed by atoms with Gasteiger partial charge in [0.1, 0.15) is 0 Å². The quantitative estimate of drug-likeness (QED) is 0.397. The summed E-state index contributed by atoms with van der Waals surface area (Å²) >= 11 is 0. The first kappa shape index (κ1) is 22.0. The molecule has 3 aromatic carbocycles. The number of anilines is 1. The number of carbonyl (C=O) groups excluding carboxylic acids is 2. The largest absolute Gasteiger partial charge is 0.463 e. The molecule has 1 amide bonds. The Bertz CT molecular complexity index is 960. The number of benzene rings is 3. The number of ether oxygens (including phenoxy) is 1. The zero-order chi connectivity index (χ0) is 21.9. The number of amides is 1. The van der Waals surface area contributed by atoms with Crippen molar-refractivity contribution in [2.75, 3.05) is 18.5 Å². The molecular weight excluding hydrogens is 388 g/mol. The van der Waals surface area contributed by atoms with E-state index >= 15 is 0 Å². The minimum Gasteiger partial charge on any atom is -0.463 e. The third kappa shape index (κ3) is 6.94. The van der Waals surface area contributed by atoms with Gasteiger partial charge in [-0.25, -0.2) is 4.79 Å². The maximum Gasteiger partial charge on any atom is 0.330 e. The molecule has 158 valence electrons. The van der Waals surface area contributed by atoms with E-state index in [0.29, 0.717) is 12.3 Å². The first-order valence-corrected chi connectivity index (χ1v) is 10.2. The summed E-state index contributed by atoms with van der Waals surface area (Å²) in [5, 5.41) is 6.25. The monoisotopic (exact) mass is 414 g/mol. The molecule has 0 saturated carbocycles. The van der Waals surface area contributed by atoms with Crippen molar-refractivity contribution < 1.29 is 14.3 Å². The lowest BCUT2D eigenvalue weighted by Crippen LogP contribution is -2.31. The molecule has 0 aliphatic heterocycles. The van der Waals surface area contributed by atoms with Crippen molar-refractivity contribution in [3.8, 4) is 0 Å². The van der Waals surface area contributed by atoms with Crippen molar-refractivity contribution in [3.63, 3.8) is 0 Å². The average Bonchev–Trinajstić information content (AvgIpc) is 2.80. The van der Waals surface area contributed by atoms with E-state index in [0.717, 1.165) is 16.7 Å². The Kier molecular flexibility index (Phi) is 8.14. The van der Waals surface area contributed by atoms with E-state index in [1.54, 1.807) is 25.1 Å². The van der Waals surface area contributed by atoms with Crippen molar-refractivity contribution in [1.29, 1.82) is 0 Å². The first-order valence-electron chi connectivity index (χ1n) is 10.2. The second kappa shape index (κ2) is 11.5. The summed E-state index contributed by atoms with van der Waals surface area (Å²) in [6.45, 7) is 2.27. The van der Waals surface area contributed by atoms with Crippen LogP contribution < -0.4 is 10.6 Å². The van der Waals surface area contributed by atoms with Gasteiger partial charge in [-0.2, -0.15) is 0 Å². The highest BCUT2D eigenvalue weighted by molar-refractivity contribution is 5.92. The molecule has 0 aliphatic rings. The van der Waals surface area contributed by atoms with Crippen LogP contribution >= 0.6 is 0 Å². The summed E-state index contributed by atoms with van der Waals surface area (Å²) in [4.78, 5) is 23.9. The highest BCUT2D eigenvalue weighted by Crippen LogP contribution is 2.21. The highest BCUT2D eigenvalue weighted by atomic mass is 16.5. The topological polar surface area (TPSA) is 67.4 Å².